The van der Waals surface area contributed by atoms with Crippen LogP contribution in [0.4, 0.5) is 5.69 Å². The van der Waals surface area contributed by atoms with Crippen molar-refractivity contribution < 1.29 is 13.2 Å². The van der Waals surface area contributed by atoms with Gasteiger partial charge < -0.3 is 4.90 Å². The third kappa shape index (κ3) is 3.95. The molecule has 2 aliphatic heterocycles. The van der Waals surface area contributed by atoms with E-state index < -0.39 is 10.0 Å². The highest BCUT2D eigenvalue weighted by atomic mass is 35.5. The maximum absolute atomic E-state index is 13.1. The number of nitrogens with zero attached hydrogens (tertiary/aromatic N) is 2. The van der Waals surface area contributed by atoms with Crippen molar-refractivity contribution in [3.05, 3.63) is 64.7 Å². The van der Waals surface area contributed by atoms with Crippen molar-refractivity contribution in [2.24, 2.45) is 5.92 Å². The molecule has 0 aromatic heterocycles. The molecule has 1 atom stereocenters. The van der Waals surface area contributed by atoms with Gasteiger partial charge in [0, 0.05) is 30.3 Å². The smallest absolute Gasteiger partial charge is 0.231 e. The van der Waals surface area contributed by atoms with Crippen molar-refractivity contribution in [3.63, 3.8) is 0 Å². The number of hydrogen-bond acceptors (Lipinski definition) is 3. The Balaban J connectivity index is 1.47. The average molecular weight is 419 g/mol. The van der Waals surface area contributed by atoms with Crippen molar-refractivity contribution in [2.75, 3.05) is 24.5 Å². The van der Waals surface area contributed by atoms with Crippen LogP contribution >= 0.6 is 11.6 Å². The van der Waals surface area contributed by atoms with Gasteiger partial charge >= 0.3 is 0 Å². The van der Waals surface area contributed by atoms with Crippen molar-refractivity contribution >= 4 is 33.2 Å². The minimum Gasteiger partial charge on any atom is -0.312 e. The standard InChI is InChI=1S/C21H23ClN2O3S/c22-19-9-7-16(8-10-19)15-28(26,27)23-12-3-5-18(14-23)21(25)24-13-11-17-4-1-2-6-20(17)24/h1-2,4,6-10,18H,3,5,11-15H2/t18-/m1/s1. The molecule has 2 aliphatic rings. The number of piperidine rings is 1. The molecule has 28 heavy (non-hydrogen) atoms. The zero-order valence-corrected chi connectivity index (χ0v) is 17.1. The number of anilines is 1. The molecule has 1 amide bonds. The number of carbonyl (C=O) groups excluding carboxylic acids is 1. The molecule has 2 heterocycles. The Morgan fingerprint density at radius 2 is 1.82 bits per heavy atom. The van der Waals surface area contributed by atoms with Gasteiger partial charge in [-0.3, -0.25) is 4.79 Å². The summed E-state index contributed by atoms with van der Waals surface area (Å²) in [6, 6.07) is 14.8. The maximum atomic E-state index is 13.1. The zero-order chi connectivity index (χ0) is 19.7. The van der Waals surface area contributed by atoms with Crippen molar-refractivity contribution in [1.82, 2.24) is 4.31 Å². The summed E-state index contributed by atoms with van der Waals surface area (Å²) in [6.45, 7) is 1.40. The second-order valence-corrected chi connectivity index (χ2v) is 9.85. The number of fused-ring (bicyclic) bond motifs is 1. The number of hydrogen-bond donors (Lipinski definition) is 0. The topological polar surface area (TPSA) is 57.7 Å². The van der Waals surface area contributed by atoms with Gasteiger partial charge in [0.1, 0.15) is 0 Å². The second-order valence-electron chi connectivity index (χ2n) is 7.45. The Hall–Kier alpha value is -1.89. The third-order valence-electron chi connectivity index (χ3n) is 5.54. The number of para-hydroxylation sites is 1. The molecule has 0 unspecified atom stereocenters. The lowest BCUT2D eigenvalue weighted by atomic mass is 9.98. The first kappa shape index (κ1) is 19.4. The molecular weight excluding hydrogens is 396 g/mol. The molecule has 7 heteroatoms. The van der Waals surface area contributed by atoms with Crippen molar-refractivity contribution in [3.8, 4) is 0 Å². The van der Waals surface area contributed by atoms with E-state index >= 15 is 0 Å². The van der Waals surface area contributed by atoms with Gasteiger partial charge in [0.2, 0.25) is 15.9 Å². The number of benzene rings is 2. The lowest BCUT2D eigenvalue weighted by Crippen LogP contribution is -2.46. The fraction of sp³-hybridized carbons (Fsp3) is 0.381. The minimum atomic E-state index is -3.48. The van der Waals surface area contributed by atoms with Crippen LogP contribution in [0.15, 0.2) is 48.5 Å². The Labute approximate surface area is 171 Å². The summed E-state index contributed by atoms with van der Waals surface area (Å²) >= 11 is 5.88. The van der Waals surface area contributed by atoms with Crippen molar-refractivity contribution in [2.45, 2.75) is 25.0 Å². The highest BCUT2D eigenvalue weighted by molar-refractivity contribution is 7.88. The lowest BCUT2D eigenvalue weighted by Gasteiger charge is -2.33. The molecule has 0 aliphatic carbocycles. The predicted octanol–water partition coefficient (Wildman–Crippen LogP) is 3.47. The molecule has 0 radical (unpaired) electrons. The fourth-order valence-corrected chi connectivity index (χ4v) is 5.80. The van der Waals surface area contributed by atoms with Crippen LogP contribution in [0.3, 0.4) is 0 Å². The SMILES string of the molecule is O=C([C@@H]1CCCN(S(=O)(=O)Cc2ccc(Cl)cc2)C1)N1CCc2ccccc21. The van der Waals surface area contributed by atoms with Crippen LogP contribution in [0.1, 0.15) is 24.0 Å². The molecular formula is C21H23ClN2O3S. The van der Waals surface area contributed by atoms with Gasteiger partial charge in [-0.2, -0.15) is 0 Å². The van der Waals surface area contributed by atoms with Crippen LogP contribution in [-0.4, -0.2) is 38.3 Å². The first-order valence-electron chi connectivity index (χ1n) is 9.55. The van der Waals surface area contributed by atoms with E-state index in [2.05, 4.69) is 0 Å². The Morgan fingerprint density at radius 3 is 2.61 bits per heavy atom. The number of amides is 1. The molecule has 0 N–H and O–H groups in total. The van der Waals surface area contributed by atoms with E-state index in [-0.39, 0.29) is 24.1 Å². The Bertz CT molecular complexity index is 975. The Morgan fingerprint density at radius 1 is 1.07 bits per heavy atom. The Kier molecular flexibility index (Phi) is 5.45. The summed E-state index contributed by atoms with van der Waals surface area (Å²) in [5.41, 5.74) is 2.85. The summed E-state index contributed by atoms with van der Waals surface area (Å²) in [6.07, 6.45) is 2.28. The highest BCUT2D eigenvalue weighted by Crippen LogP contribution is 2.31. The van der Waals surface area contributed by atoms with E-state index in [0.29, 0.717) is 30.1 Å². The molecule has 5 nitrogen and oxygen atoms in total. The van der Waals surface area contributed by atoms with Gasteiger partial charge in [-0.15, -0.1) is 0 Å². The van der Waals surface area contributed by atoms with Crippen LogP contribution in [0.5, 0.6) is 0 Å². The molecule has 148 valence electrons. The van der Waals surface area contributed by atoms with Gasteiger partial charge in [0.15, 0.2) is 0 Å². The fourth-order valence-electron chi connectivity index (χ4n) is 4.07. The van der Waals surface area contributed by atoms with E-state index in [1.807, 2.05) is 29.2 Å². The van der Waals surface area contributed by atoms with E-state index in [4.69, 9.17) is 11.6 Å². The first-order valence-corrected chi connectivity index (χ1v) is 11.5. The van der Waals surface area contributed by atoms with E-state index in [9.17, 15) is 13.2 Å². The summed E-state index contributed by atoms with van der Waals surface area (Å²) in [5, 5.41) is 0.579. The monoisotopic (exact) mass is 418 g/mol. The molecule has 0 saturated carbocycles. The predicted molar refractivity (Wildman–Crippen MR) is 111 cm³/mol. The second kappa shape index (κ2) is 7.85. The summed E-state index contributed by atoms with van der Waals surface area (Å²) in [5.74, 6) is -0.325. The van der Waals surface area contributed by atoms with Crippen molar-refractivity contribution in [1.29, 1.82) is 0 Å². The molecule has 1 fully saturated rings. The first-order chi connectivity index (χ1) is 13.4. The van der Waals surface area contributed by atoms with Crippen LogP contribution in [0.2, 0.25) is 5.02 Å². The molecule has 1 saturated heterocycles. The number of halogens is 1. The summed E-state index contributed by atoms with van der Waals surface area (Å²) in [4.78, 5) is 14.9. The number of sulfonamides is 1. The van der Waals surface area contributed by atoms with E-state index in [1.165, 1.54) is 9.87 Å². The van der Waals surface area contributed by atoms with Gasteiger partial charge in [-0.1, -0.05) is 41.9 Å². The molecule has 2 aromatic rings. The zero-order valence-electron chi connectivity index (χ0n) is 15.6. The van der Waals surface area contributed by atoms with E-state index in [0.717, 1.165) is 18.5 Å². The third-order valence-corrected chi connectivity index (χ3v) is 7.61. The van der Waals surface area contributed by atoms with Crippen LogP contribution < -0.4 is 4.90 Å². The average Bonchev–Trinajstić information content (AvgIpc) is 3.13. The molecule has 0 spiro atoms. The minimum absolute atomic E-state index is 0.0383. The summed E-state index contributed by atoms with van der Waals surface area (Å²) < 4.78 is 27.3. The number of carbonyl (C=O) groups is 1. The van der Waals surface area contributed by atoms with Crippen LogP contribution in [0, 0.1) is 5.92 Å². The molecule has 0 bridgehead atoms. The highest BCUT2D eigenvalue weighted by Gasteiger charge is 2.36. The van der Waals surface area contributed by atoms with Gasteiger partial charge in [0.05, 0.1) is 11.7 Å². The normalized spacial score (nSPS) is 20.2. The van der Waals surface area contributed by atoms with Gasteiger partial charge in [-0.05, 0) is 48.6 Å². The van der Waals surface area contributed by atoms with Crippen LogP contribution in [-0.2, 0) is 27.0 Å². The van der Waals surface area contributed by atoms with E-state index in [1.54, 1.807) is 24.3 Å². The van der Waals surface area contributed by atoms with Crippen LogP contribution in [0.25, 0.3) is 0 Å². The number of rotatable bonds is 4. The summed E-state index contributed by atoms with van der Waals surface area (Å²) in [7, 11) is -3.48. The largest absolute Gasteiger partial charge is 0.312 e. The maximum Gasteiger partial charge on any atom is 0.231 e. The molecule has 4 rings (SSSR count). The quantitative estimate of drug-likeness (QED) is 0.763. The van der Waals surface area contributed by atoms with Gasteiger partial charge in [0.25, 0.3) is 0 Å². The molecule has 2 aromatic carbocycles. The lowest BCUT2D eigenvalue weighted by molar-refractivity contribution is -0.123. The van der Waals surface area contributed by atoms with Gasteiger partial charge in [-0.25, -0.2) is 12.7 Å².